The van der Waals surface area contributed by atoms with E-state index in [2.05, 4.69) is 15.5 Å². The van der Waals surface area contributed by atoms with Crippen molar-refractivity contribution in [2.75, 3.05) is 25.6 Å². The minimum absolute atomic E-state index is 0.0251. The van der Waals surface area contributed by atoms with Crippen LogP contribution in [0.1, 0.15) is 15.9 Å². The molecule has 0 radical (unpaired) electrons. The van der Waals surface area contributed by atoms with Crippen molar-refractivity contribution in [3.05, 3.63) is 53.6 Å². The first-order chi connectivity index (χ1) is 11.5. The molecule has 5 nitrogen and oxygen atoms in total. The van der Waals surface area contributed by atoms with Gasteiger partial charge in [0.1, 0.15) is 0 Å². The van der Waals surface area contributed by atoms with E-state index >= 15 is 0 Å². The van der Waals surface area contributed by atoms with Gasteiger partial charge in [-0.2, -0.15) is 0 Å². The van der Waals surface area contributed by atoms with Crippen molar-refractivity contribution in [1.82, 2.24) is 4.67 Å². The summed E-state index contributed by atoms with van der Waals surface area (Å²) in [5.41, 5.74) is 2.62. The molecule has 1 aliphatic heterocycles. The maximum Gasteiger partial charge on any atom is 0.258 e. The quantitative estimate of drug-likeness (QED) is 0.867. The molecule has 1 N–H and O–H groups in total. The SMILES string of the molecule is COc1cc(C(=O)N2c3ccccc3CC2CN(C)P)ccc1O. The Morgan fingerprint density at radius 3 is 2.83 bits per heavy atom. The highest BCUT2D eigenvalue weighted by Crippen LogP contribution is 2.35. The Balaban J connectivity index is 1.99. The van der Waals surface area contributed by atoms with Gasteiger partial charge in [-0.3, -0.25) is 9.46 Å². The molecular formula is C18H21N2O3P. The summed E-state index contributed by atoms with van der Waals surface area (Å²) in [5, 5.41) is 9.75. The maximum absolute atomic E-state index is 13.1. The van der Waals surface area contributed by atoms with Gasteiger partial charge in [0.25, 0.3) is 5.91 Å². The number of benzene rings is 2. The first-order valence-corrected chi connectivity index (χ1v) is 8.27. The van der Waals surface area contributed by atoms with Gasteiger partial charge in [-0.1, -0.05) is 27.6 Å². The number of nitrogens with zero attached hydrogens (tertiary/aromatic N) is 2. The van der Waals surface area contributed by atoms with Gasteiger partial charge < -0.3 is 14.7 Å². The Morgan fingerprint density at radius 2 is 2.12 bits per heavy atom. The lowest BCUT2D eigenvalue weighted by Crippen LogP contribution is -2.42. The van der Waals surface area contributed by atoms with Crippen LogP contribution in [-0.2, 0) is 6.42 Å². The van der Waals surface area contributed by atoms with Crippen LogP contribution < -0.4 is 9.64 Å². The first-order valence-electron chi connectivity index (χ1n) is 7.75. The Hall–Kier alpha value is -2.10. The Morgan fingerprint density at radius 1 is 1.38 bits per heavy atom. The van der Waals surface area contributed by atoms with E-state index in [9.17, 15) is 9.90 Å². The molecule has 1 amide bonds. The molecular weight excluding hydrogens is 323 g/mol. The van der Waals surface area contributed by atoms with Crippen LogP contribution in [0.4, 0.5) is 5.69 Å². The first kappa shape index (κ1) is 16.7. The van der Waals surface area contributed by atoms with Gasteiger partial charge in [-0.15, -0.1) is 0 Å². The van der Waals surface area contributed by atoms with Crippen molar-refractivity contribution >= 4 is 21.0 Å². The maximum atomic E-state index is 13.1. The average Bonchev–Trinajstić information content (AvgIpc) is 2.91. The third-order valence-corrected chi connectivity index (χ3v) is 4.43. The van der Waals surface area contributed by atoms with Gasteiger partial charge in [0.05, 0.1) is 13.2 Å². The van der Waals surface area contributed by atoms with Crippen molar-refractivity contribution in [1.29, 1.82) is 0 Å². The van der Waals surface area contributed by atoms with Crippen LogP contribution in [0.2, 0.25) is 0 Å². The summed E-state index contributed by atoms with van der Waals surface area (Å²) in [6.45, 7) is 0.750. The second-order valence-electron chi connectivity index (χ2n) is 5.99. The van der Waals surface area contributed by atoms with Crippen molar-refractivity contribution < 1.29 is 14.6 Å². The second-order valence-corrected chi connectivity index (χ2v) is 6.87. The highest BCUT2D eigenvalue weighted by Gasteiger charge is 2.34. The van der Waals surface area contributed by atoms with Gasteiger partial charge in [-0.05, 0) is 43.3 Å². The van der Waals surface area contributed by atoms with Crippen molar-refractivity contribution in [3.63, 3.8) is 0 Å². The zero-order valence-corrected chi connectivity index (χ0v) is 14.9. The highest BCUT2D eigenvalue weighted by atomic mass is 31.0. The number of ether oxygens (including phenoxy) is 1. The van der Waals surface area contributed by atoms with Gasteiger partial charge in [0.2, 0.25) is 0 Å². The van der Waals surface area contributed by atoms with Gasteiger partial charge in [-0.25, -0.2) is 0 Å². The predicted molar refractivity (Wildman–Crippen MR) is 97.7 cm³/mol. The van der Waals surface area contributed by atoms with Crippen molar-refractivity contribution in [2.24, 2.45) is 0 Å². The number of carbonyl (C=O) groups excluding carboxylic acids is 1. The molecule has 1 heterocycles. The van der Waals surface area contributed by atoms with E-state index < -0.39 is 0 Å². The van der Waals surface area contributed by atoms with Crippen LogP contribution in [-0.4, -0.2) is 42.4 Å². The molecule has 0 spiro atoms. The third kappa shape index (κ3) is 3.10. The Kier molecular flexibility index (Phi) is 4.74. The number of phenolic OH excluding ortho intramolecular Hbond substituents is 1. The highest BCUT2D eigenvalue weighted by molar-refractivity contribution is 7.13. The summed E-state index contributed by atoms with van der Waals surface area (Å²) in [6, 6.07) is 12.8. The molecule has 0 saturated heterocycles. The van der Waals surface area contributed by atoms with Gasteiger partial charge in [0.15, 0.2) is 11.5 Å². The Bertz CT molecular complexity index is 764. The summed E-state index contributed by atoms with van der Waals surface area (Å²) in [4.78, 5) is 15.0. The lowest BCUT2D eigenvalue weighted by molar-refractivity contribution is 0.0977. The number of hydrogen-bond acceptors (Lipinski definition) is 4. The molecule has 2 unspecified atom stereocenters. The Labute approximate surface area is 144 Å². The summed E-state index contributed by atoms with van der Waals surface area (Å²) in [7, 11) is 6.09. The molecule has 1 aliphatic rings. The molecule has 0 fully saturated rings. The van der Waals surface area contributed by atoms with E-state index in [4.69, 9.17) is 4.74 Å². The predicted octanol–water partition coefficient (Wildman–Crippen LogP) is 2.69. The number of anilines is 1. The number of hydrogen-bond donors (Lipinski definition) is 1. The minimum atomic E-state index is -0.0879. The van der Waals surface area contributed by atoms with Crippen LogP contribution >= 0.6 is 9.39 Å². The van der Waals surface area contributed by atoms with Crippen molar-refractivity contribution in [2.45, 2.75) is 12.5 Å². The minimum Gasteiger partial charge on any atom is -0.504 e. The zero-order chi connectivity index (χ0) is 17.3. The van der Waals surface area contributed by atoms with Crippen LogP contribution in [0.5, 0.6) is 11.5 Å². The number of fused-ring (bicyclic) bond motifs is 1. The molecule has 0 bridgehead atoms. The summed E-state index contributed by atoms with van der Waals surface area (Å²) < 4.78 is 7.14. The molecule has 126 valence electrons. The molecule has 0 saturated carbocycles. The fourth-order valence-corrected chi connectivity index (χ4v) is 3.41. The summed E-state index contributed by atoms with van der Waals surface area (Å²) in [5.74, 6) is 0.236. The lowest BCUT2D eigenvalue weighted by Gasteiger charge is -2.28. The molecule has 2 aromatic carbocycles. The van der Waals surface area contributed by atoms with Crippen LogP contribution in [0.25, 0.3) is 0 Å². The number of phenols is 1. The standard InChI is InChI=1S/C18H21N2O3P/c1-19(24)11-14-9-12-5-3-4-6-15(12)20(14)18(22)13-7-8-16(21)17(10-13)23-2/h3-8,10,14,21H,9,11,24H2,1-2H3. The lowest BCUT2D eigenvalue weighted by atomic mass is 10.1. The van der Waals surface area contributed by atoms with Gasteiger partial charge >= 0.3 is 0 Å². The van der Waals surface area contributed by atoms with E-state index in [-0.39, 0.29) is 17.7 Å². The molecule has 2 aromatic rings. The zero-order valence-electron chi connectivity index (χ0n) is 13.8. The number of aromatic hydroxyl groups is 1. The number of amides is 1. The molecule has 24 heavy (non-hydrogen) atoms. The fourth-order valence-electron chi connectivity index (χ4n) is 3.16. The average molecular weight is 344 g/mol. The van der Waals surface area contributed by atoms with Gasteiger partial charge in [0, 0.05) is 17.8 Å². The van der Waals surface area contributed by atoms with E-state index in [1.807, 2.05) is 34.8 Å². The number of para-hydroxylation sites is 1. The monoisotopic (exact) mass is 344 g/mol. The number of rotatable bonds is 4. The van der Waals surface area contributed by atoms with E-state index in [1.54, 1.807) is 12.1 Å². The fraction of sp³-hybridized carbons (Fsp3) is 0.278. The summed E-state index contributed by atoms with van der Waals surface area (Å²) >= 11 is 0. The van der Waals surface area contributed by atoms with E-state index in [0.717, 1.165) is 18.7 Å². The van der Waals surface area contributed by atoms with Crippen molar-refractivity contribution in [3.8, 4) is 11.5 Å². The molecule has 0 aliphatic carbocycles. The van der Waals surface area contributed by atoms with Crippen LogP contribution in [0.3, 0.4) is 0 Å². The van der Waals surface area contributed by atoms with E-state index in [0.29, 0.717) is 11.3 Å². The van der Waals surface area contributed by atoms with E-state index in [1.165, 1.54) is 18.7 Å². The van der Waals surface area contributed by atoms with Crippen LogP contribution in [0.15, 0.2) is 42.5 Å². The van der Waals surface area contributed by atoms with Crippen LogP contribution in [0, 0.1) is 0 Å². The third-order valence-electron chi connectivity index (χ3n) is 4.22. The number of methoxy groups -OCH3 is 1. The smallest absolute Gasteiger partial charge is 0.258 e. The molecule has 2 atom stereocenters. The molecule has 0 aromatic heterocycles. The summed E-state index contributed by atoms with van der Waals surface area (Å²) in [6.07, 6.45) is 0.829. The largest absolute Gasteiger partial charge is 0.504 e. The number of likely N-dealkylation sites (N-methyl/N-ethyl adjacent to an activating group) is 1. The topological polar surface area (TPSA) is 53.0 Å². The second kappa shape index (κ2) is 6.80. The molecule has 6 heteroatoms. The normalized spacial score (nSPS) is 16.3. The molecule has 3 rings (SSSR count). The number of carbonyl (C=O) groups is 1.